The van der Waals surface area contributed by atoms with E-state index >= 15 is 0 Å². The zero-order valence-corrected chi connectivity index (χ0v) is 9.34. The first-order valence-electron chi connectivity index (χ1n) is 4.13. The third kappa shape index (κ3) is 2.15. The smallest absolute Gasteiger partial charge is 0.284 e. The Morgan fingerprint density at radius 1 is 1.79 bits per heavy atom. The number of nitrogens with zero attached hydrogens (tertiary/aromatic N) is 2. The summed E-state index contributed by atoms with van der Waals surface area (Å²) in [5.74, 6) is 2.36. The lowest BCUT2D eigenvalue weighted by Gasteiger charge is -2.06. The Kier molecular flexibility index (Phi) is 3.72. The van der Waals surface area contributed by atoms with Crippen LogP contribution in [0.5, 0.6) is 0 Å². The van der Waals surface area contributed by atoms with Gasteiger partial charge >= 0.3 is 0 Å². The van der Waals surface area contributed by atoms with Gasteiger partial charge in [0, 0.05) is 6.54 Å². The maximum absolute atomic E-state index is 11.6. The standard InChI is InChI=1S/C9H10BrN3O/c1-3-5-13-9(14)8(10)7(6-12-13)11-4-2/h1,6,11H,4-5H2,2H3. The highest BCUT2D eigenvalue weighted by Gasteiger charge is 2.06. The van der Waals surface area contributed by atoms with Gasteiger partial charge in [0.1, 0.15) is 11.0 Å². The topological polar surface area (TPSA) is 46.9 Å². The quantitative estimate of drug-likeness (QED) is 0.823. The zero-order valence-electron chi connectivity index (χ0n) is 7.75. The molecule has 0 aliphatic carbocycles. The van der Waals surface area contributed by atoms with E-state index in [2.05, 4.69) is 32.3 Å². The van der Waals surface area contributed by atoms with Crippen LogP contribution in [0, 0.1) is 12.3 Å². The summed E-state index contributed by atoms with van der Waals surface area (Å²) < 4.78 is 1.69. The van der Waals surface area contributed by atoms with E-state index in [1.807, 2.05) is 6.92 Å². The largest absolute Gasteiger partial charge is 0.383 e. The van der Waals surface area contributed by atoms with E-state index in [0.717, 1.165) is 6.54 Å². The Morgan fingerprint density at radius 3 is 3.07 bits per heavy atom. The van der Waals surface area contributed by atoms with Gasteiger partial charge in [-0.2, -0.15) is 5.10 Å². The van der Waals surface area contributed by atoms with Crippen molar-refractivity contribution in [3.05, 3.63) is 21.0 Å². The summed E-state index contributed by atoms with van der Waals surface area (Å²) in [5.41, 5.74) is 0.465. The number of nitrogens with one attached hydrogen (secondary N) is 1. The molecule has 0 amide bonds. The van der Waals surface area contributed by atoms with Gasteiger partial charge in [0.05, 0.1) is 11.9 Å². The van der Waals surface area contributed by atoms with Crippen LogP contribution in [0.1, 0.15) is 6.92 Å². The molecule has 0 aromatic carbocycles. The first-order valence-corrected chi connectivity index (χ1v) is 4.93. The lowest BCUT2D eigenvalue weighted by molar-refractivity contribution is 0.659. The van der Waals surface area contributed by atoms with E-state index in [-0.39, 0.29) is 12.1 Å². The van der Waals surface area contributed by atoms with E-state index in [1.54, 1.807) is 6.20 Å². The molecule has 0 saturated carbocycles. The maximum Gasteiger partial charge on any atom is 0.284 e. The Balaban J connectivity index is 3.14. The average Bonchev–Trinajstić information content (AvgIpc) is 2.18. The van der Waals surface area contributed by atoms with Crippen molar-refractivity contribution in [3.63, 3.8) is 0 Å². The van der Waals surface area contributed by atoms with Crippen molar-refractivity contribution in [3.8, 4) is 12.3 Å². The molecule has 0 spiro atoms. The van der Waals surface area contributed by atoms with Crippen molar-refractivity contribution in [1.82, 2.24) is 9.78 Å². The number of halogens is 1. The highest BCUT2D eigenvalue weighted by atomic mass is 79.9. The molecule has 0 aliphatic rings. The summed E-state index contributed by atoms with van der Waals surface area (Å²) in [6.45, 7) is 2.86. The SMILES string of the molecule is C#CCn1ncc(NCC)c(Br)c1=O. The van der Waals surface area contributed by atoms with Crippen molar-refractivity contribution < 1.29 is 0 Å². The first-order chi connectivity index (χ1) is 6.70. The molecule has 74 valence electrons. The van der Waals surface area contributed by atoms with Crippen molar-refractivity contribution in [2.45, 2.75) is 13.5 Å². The second-order valence-corrected chi connectivity index (χ2v) is 3.36. The Labute approximate surface area is 90.5 Å². The molecule has 0 radical (unpaired) electrons. The van der Waals surface area contributed by atoms with Crippen molar-refractivity contribution in [1.29, 1.82) is 0 Å². The summed E-state index contributed by atoms with van der Waals surface area (Å²) in [6.07, 6.45) is 6.67. The van der Waals surface area contributed by atoms with Gasteiger partial charge in [0.15, 0.2) is 0 Å². The fourth-order valence-corrected chi connectivity index (χ4v) is 1.43. The second kappa shape index (κ2) is 4.82. The lowest BCUT2D eigenvalue weighted by Crippen LogP contribution is -2.24. The van der Waals surface area contributed by atoms with Crippen LogP contribution < -0.4 is 10.9 Å². The Bertz CT molecular complexity index is 419. The number of hydrogen-bond acceptors (Lipinski definition) is 3. The third-order valence-electron chi connectivity index (χ3n) is 1.59. The molecule has 1 aromatic rings. The van der Waals surface area contributed by atoms with Crippen molar-refractivity contribution in [2.75, 3.05) is 11.9 Å². The summed E-state index contributed by atoms with van der Waals surface area (Å²) in [4.78, 5) is 11.6. The minimum absolute atomic E-state index is 0.184. The van der Waals surface area contributed by atoms with Gasteiger partial charge in [0.25, 0.3) is 5.56 Å². The molecule has 0 fully saturated rings. The summed E-state index contributed by atoms with van der Waals surface area (Å²) in [6, 6.07) is 0. The zero-order chi connectivity index (χ0) is 10.6. The predicted octanol–water partition coefficient (Wildman–Crippen LogP) is 1.07. The lowest BCUT2D eigenvalue weighted by atomic mass is 10.4. The average molecular weight is 256 g/mol. The number of terminal acetylenes is 1. The van der Waals surface area contributed by atoms with Crippen LogP contribution in [0.15, 0.2) is 15.5 Å². The molecule has 1 rings (SSSR count). The molecular formula is C9H10BrN3O. The van der Waals surface area contributed by atoms with Crippen LogP contribution >= 0.6 is 15.9 Å². The van der Waals surface area contributed by atoms with Crippen molar-refractivity contribution >= 4 is 21.6 Å². The van der Waals surface area contributed by atoms with Gasteiger partial charge in [-0.25, -0.2) is 4.68 Å². The van der Waals surface area contributed by atoms with E-state index in [0.29, 0.717) is 10.2 Å². The van der Waals surface area contributed by atoms with Gasteiger partial charge in [-0.05, 0) is 22.9 Å². The molecule has 1 aromatic heterocycles. The van der Waals surface area contributed by atoms with Crippen LogP contribution in [0.3, 0.4) is 0 Å². The minimum Gasteiger partial charge on any atom is -0.383 e. The van der Waals surface area contributed by atoms with E-state index in [4.69, 9.17) is 6.42 Å². The van der Waals surface area contributed by atoms with Crippen LogP contribution in [-0.4, -0.2) is 16.3 Å². The summed E-state index contributed by atoms with van der Waals surface area (Å²) in [7, 11) is 0. The van der Waals surface area contributed by atoms with Crippen LogP contribution in [0.4, 0.5) is 5.69 Å². The Hall–Kier alpha value is -1.28. The highest BCUT2D eigenvalue weighted by Crippen LogP contribution is 2.15. The fraction of sp³-hybridized carbons (Fsp3) is 0.333. The minimum atomic E-state index is -0.221. The molecule has 0 unspecified atom stereocenters. The van der Waals surface area contributed by atoms with Gasteiger partial charge in [0.2, 0.25) is 0 Å². The normalized spacial score (nSPS) is 9.50. The molecule has 5 heteroatoms. The highest BCUT2D eigenvalue weighted by molar-refractivity contribution is 9.10. The number of hydrogen-bond donors (Lipinski definition) is 1. The van der Waals surface area contributed by atoms with Crippen LogP contribution in [-0.2, 0) is 6.54 Å². The van der Waals surface area contributed by atoms with Crippen LogP contribution in [0.2, 0.25) is 0 Å². The molecule has 0 atom stereocenters. The predicted molar refractivity (Wildman–Crippen MR) is 59.2 cm³/mol. The van der Waals surface area contributed by atoms with Gasteiger partial charge < -0.3 is 5.32 Å². The monoisotopic (exact) mass is 255 g/mol. The molecule has 14 heavy (non-hydrogen) atoms. The van der Waals surface area contributed by atoms with Gasteiger partial charge in [-0.3, -0.25) is 4.79 Å². The molecule has 0 aliphatic heterocycles. The molecule has 1 N–H and O–H groups in total. The third-order valence-corrected chi connectivity index (χ3v) is 2.36. The first kappa shape index (κ1) is 10.8. The summed E-state index contributed by atoms with van der Waals surface area (Å²) in [5, 5.41) is 6.93. The van der Waals surface area contributed by atoms with Gasteiger partial charge in [-0.15, -0.1) is 6.42 Å². The summed E-state index contributed by atoms with van der Waals surface area (Å²) >= 11 is 3.20. The van der Waals surface area contributed by atoms with E-state index < -0.39 is 0 Å². The van der Waals surface area contributed by atoms with Crippen molar-refractivity contribution in [2.24, 2.45) is 0 Å². The Morgan fingerprint density at radius 2 is 2.50 bits per heavy atom. The van der Waals surface area contributed by atoms with Crippen LogP contribution in [0.25, 0.3) is 0 Å². The molecule has 4 nitrogen and oxygen atoms in total. The number of rotatable bonds is 3. The molecule has 0 bridgehead atoms. The molecular weight excluding hydrogens is 246 g/mol. The number of anilines is 1. The number of aromatic nitrogens is 2. The molecule has 1 heterocycles. The molecule has 0 saturated heterocycles. The maximum atomic E-state index is 11.6. The van der Waals surface area contributed by atoms with E-state index in [9.17, 15) is 4.79 Å². The van der Waals surface area contributed by atoms with Gasteiger partial charge in [-0.1, -0.05) is 5.92 Å². The van der Waals surface area contributed by atoms with E-state index in [1.165, 1.54) is 4.68 Å². The second-order valence-electron chi connectivity index (χ2n) is 2.57. The fourth-order valence-electron chi connectivity index (χ4n) is 0.978.